The van der Waals surface area contributed by atoms with Crippen LogP contribution in [0.1, 0.15) is 34.7 Å². The van der Waals surface area contributed by atoms with Gasteiger partial charge in [0.15, 0.2) is 11.5 Å². The van der Waals surface area contributed by atoms with Gasteiger partial charge in [-0.15, -0.1) is 0 Å². The van der Waals surface area contributed by atoms with Crippen molar-refractivity contribution in [2.45, 2.75) is 19.6 Å². The largest absolute Gasteiger partial charge is 0.497 e. The number of aromatic nitrogens is 2. The van der Waals surface area contributed by atoms with E-state index < -0.39 is 18.6 Å². The highest BCUT2D eigenvalue weighted by atomic mass is 19.3. The van der Waals surface area contributed by atoms with E-state index in [2.05, 4.69) is 15.0 Å². The van der Waals surface area contributed by atoms with E-state index in [9.17, 15) is 13.6 Å². The van der Waals surface area contributed by atoms with Crippen LogP contribution in [0.15, 0.2) is 54.9 Å². The van der Waals surface area contributed by atoms with Crippen LogP contribution in [0.2, 0.25) is 0 Å². The Labute approximate surface area is 178 Å². The van der Waals surface area contributed by atoms with Crippen molar-refractivity contribution in [1.82, 2.24) is 14.9 Å². The molecule has 1 unspecified atom stereocenters. The smallest absolute Gasteiger partial charge is 0.387 e. The van der Waals surface area contributed by atoms with Crippen LogP contribution in [-0.2, 0) is 7.05 Å². The van der Waals surface area contributed by atoms with Crippen LogP contribution in [0.5, 0.6) is 17.2 Å². The van der Waals surface area contributed by atoms with Crippen molar-refractivity contribution in [3.63, 3.8) is 0 Å². The molecule has 1 amide bonds. The Morgan fingerprint density at radius 2 is 1.90 bits per heavy atom. The molecular weight excluding hydrogens is 408 g/mol. The third-order valence-corrected chi connectivity index (χ3v) is 4.56. The number of halogens is 2. The second kappa shape index (κ2) is 9.92. The molecule has 1 heterocycles. The number of nitrogens with one attached hydrogen (secondary N) is 1. The first-order valence-corrected chi connectivity index (χ1v) is 9.56. The van der Waals surface area contributed by atoms with Gasteiger partial charge in [-0.05, 0) is 42.8 Å². The number of aryl methyl sites for hydroxylation is 1. The van der Waals surface area contributed by atoms with Crippen LogP contribution in [0, 0.1) is 0 Å². The SMILES string of the molecule is CCOc1cc(C(=O)NC(c2ccc(OC)cc2)c2nccn2C)ccc1OC(F)F. The number of amides is 1. The van der Waals surface area contributed by atoms with Crippen molar-refractivity contribution in [1.29, 1.82) is 0 Å². The van der Waals surface area contributed by atoms with Gasteiger partial charge in [-0.25, -0.2) is 4.98 Å². The fraction of sp³-hybridized carbons (Fsp3) is 0.273. The minimum absolute atomic E-state index is 0.0634. The van der Waals surface area contributed by atoms with E-state index in [-0.39, 0.29) is 23.7 Å². The number of carbonyl (C=O) groups is 1. The second-order valence-electron chi connectivity index (χ2n) is 6.55. The van der Waals surface area contributed by atoms with Gasteiger partial charge in [-0.3, -0.25) is 4.79 Å². The molecule has 2 aromatic carbocycles. The van der Waals surface area contributed by atoms with Gasteiger partial charge in [-0.2, -0.15) is 8.78 Å². The van der Waals surface area contributed by atoms with Crippen LogP contribution in [-0.4, -0.2) is 35.8 Å². The maximum absolute atomic E-state index is 13.0. The lowest BCUT2D eigenvalue weighted by Crippen LogP contribution is -2.31. The van der Waals surface area contributed by atoms with Crippen LogP contribution in [0.4, 0.5) is 8.78 Å². The molecule has 7 nitrogen and oxygen atoms in total. The molecule has 0 spiro atoms. The number of methoxy groups -OCH3 is 1. The molecule has 0 aliphatic carbocycles. The van der Waals surface area contributed by atoms with E-state index in [1.165, 1.54) is 18.2 Å². The van der Waals surface area contributed by atoms with E-state index in [0.717, 1.165) is 5.56 Å². The highest BCUT2D eigenvalue weighted by molar-refractivity contribution is 5.95. The lowest BCUT2D eigenvalue weighted by molar-refractivity contribution is -0.0514. The lowest BCUT2D eigenvalue weighted by atomic mass is 10.0. The first-order chi connectivity index (χ1) is 14.9. The summed E-state index contributed by atoms with van der Waals surface area (Å²) in [6, 6.07) is 10.8. The predicted molar refractivity (Wildman–Crippen MR) is 110 cm³/mol. The van der Waals surface area contributed by atoms with Gasteiger partial charge >= 0.3 is 6.61 Å². The second-order valence-corrected chi connectivity index (χ2v) is 6.55. The Morgan fingerprint density at radius 3 is 2.48 bits per heavy atom. The molecule has 0 saturated heterocycles. The number of rotatable bonds is 9. The van der Waals surface area contributed by atoms with Gasteiger partial charge in [0.05, 0.1) is 13.7 Å². The Kier molecular flexibility index (Phi) is 7.07. The number of hydrogen-bond acceptors (Lipinski definition) is 5. The fourth-order valence-electron chi connectivity index (χ4n) is 3.07. The number of nitrogens with zero attached hydrogens (tertiary/aromatic N) is 2. The molecule has 9 heteroatoms. The lowest BCUT2D eigenvalue weighted by Gasteiger charge is -2.20. The molecule has 0 aliphatic rings. The molecular formula is C22H23F2N3O4. The van der Waals surface area contributed by atoms with Gasteiger partial charge in [0.25, 0.3) is 5.91 Å². The number of hydrogen-bond donors (Lipinski definition) is 1. The summed E-state index contributed by atoms with van der Waals surface area (Å²) in [4.78, 5) is 17.4. The zero-order chi connectivity index (χ0) is 22.4. The molecule has 31 heavy (non-hydrogen) atoms. The molecule has 1 N–H and O–H groups in total. The average molecular weight is 431 g/mol. The summed E-state index contributed by atoms with van der Waals surface area (Å²) in [5.41, 5.74) is 1.03. The zero-order valence-electron chi connectivity index (χ0n) is 17.3. The maximum Gasteiger partial charge on any atom is 0.387 e. The maximum atomic E-state index is 13.0. The summed E-state index contributed by atoms with van der Waals surface area (Å²) in [6.07, 6.45) is 3.42. The van der Waals surface area contributed by atoms with Crippen molar-refractivity contribution in [3.8, 4) is 17.2 Å². The number of carbonyl (C=O) groups excluding carboxylic acids is 1. The predicted octanol–water partition coefficient (Wildman–Crippen LogP) is 3.95. The van der Waals surface area contributed by atoms with Crippen LogP contribution >= 0.6 is 0 Å². The van der Waals surface area contributed by atoms with Crippen molar-refractivity contribution < 1.29 is 27.8 Å². The molecule has 1 aromatic heterocycles. The summed E-state index contributed by atoms with van der Waals surface area (Å²) in [5.74, 6) is 0.817. The summed E-state index contributed by atoms with van der Waals surface area (Å²) >= 11 is 0. The van der Waals surface area contributed by atoms with Crippen molar-refractivity contribution in [2.24, 2.45) is 7.05 Å². The summed E-state index contributed by atoms with van der Waals surface area (Å²) in [6.45, 7) is -1.06. The third-order valence-electron chi connectivity index (χ3n) is 4.56. The summed E-state index contributed by atoms with van der Waals surface area (Å²) in [7, 11) is 3.40. The first kappa shape index (κ1) is 22.1. The minimum atomic E-state index is -3.00. The molecule has 164 valence electrons. The monoisotopic (exact) mass is 431 g/mol. The number of ether oxygens (including phenoxy) is 3. The molecule has 0 fully saturated rings. The van der Waals surface area contributed by atoms with Gasteiger partial charge < -0.3 is 24.1 Å². The van der Waals surface area contributed by atoms with Crippen molar-refractivity contribution in [3.05, 3.63) is 71.8 Å². The number of imidazole rings is 1. The molecule has 0 aliphatic heterocycles. The van der Waals surface area contributed by atoms with Gasteiger partial charge in [0, 0.05) is 25.0 Å². The van der Waals surface area contributed by atoms with E-state index in [1.807, 2.05) is 19.2 Å². The standard InChI is InChI=1S/C22H23F2N3O4/c1-4-30-18-13-15(7-10-17(18)31-22(23)24)21(28)26-19(20-25-11-12-27(20)2)14-5-8-16(29-3)9-6-14/h5-13,19,22H,4H2,1-3H3,(H,26,28). The van der Waals surface area contributed by atoms with E-state index in [1.54, 1.807) is 43.1 Å². The van der Waals surface area contributed by atoms with E-state index in [0.29, 0.717) is 11.6 Å². The fourth-order valence-corrected chi connectivity index (χ4v) is 3.07. The Bertz CT molecular complexity index is 1020. The molecule has 0 radical (unpaired) electrons. The van der Waals surface area contributed by atoms with Crippen LogP contribution < -0.4 is 19.5 Å². The quantitative estimate of drug-likeness (QED) is 0.555. The number of benzene rings is 2. The van der Waals surface area contributed by atoms with Gasteiger partial charge in [0.2, 0.25) is 0 Å². The number of alkyl halides is 2. The van der Waals surface area contributed by atoms with Crippen LogP contribution in [0.25, 0.3) is 0 Å². The molecule has 3 rings (SSSR count). The summed E-state index contributed by atoms with van der Waals surface area (Å²) < 4.78 is 42.1. The van der Waals surface area contributed by atoms with Crippen molar-refractivity contribution >= 4 is 5.91 Å². The topological polar surface area (TPSA) is 74.6 Å². The molecule has 0 saturated carbocycles. The normalized spacial score (nSPS) is 11.8. The molecule has 0 bridgehead atoms. The summed E-state index contributed by atoms with van der Waals surface area (Å²) in [5, 5.41) is 2.95. The molecule has 1 atom stereocenters. The van der Waals surface area contributed by atoms with Gasteiger partial charge in [0.1, 0.15) is 17.6 Å². The third kappa shape index (κ3) is 5.30. The zero-order valence-corrected chi connectivity index (χ0v) is 17.3. The van der Waals surface area contributed by atoms with Crippen LogP contribution in [0.3, 0.4) is 0 Å². The average Bonchev–Trinajstić information content (AvgIpc) is 3.18. The Hall–Kier alpha value is -3.62. The van der Waals surface area contributed by atoms with E-state index >= 15 is 0 Å². The highest BCUT2D eigenvalue weighted by Gasteiger charge is 2.23. The molecule has 3 aromatic rings. The Morgan fingerprint density at radius 1 is 1.16 bits per heavy atom. The van der Waals surface area contributed by atoms with E-state index in [4.69, 9.17) is 9.47 Å². The Balaban J connectivity index is 1.91. The minimum Gasteiger partial charge on any atom is -0.497 e. The highest BCUT2D eigenvalue weighted by Crippen LogP contribution is 2.30. The van der Waals surface area contributed by atoms with Gasteiger partial charge in [-0.1, -0.05) is 12.1 Å². The van der Waals surface area contributed by atoms with Crippen molar-refractivity contribution in [2.75, 3.05) is 13.7 Å². The first-order valence-electron chi connectivity index (χ1n) is 9.56.